The molecular weight excluding hydrogens is 166 g/mol. The number of pyridine rings is 1. The molecule has 0 saturated carbocycles. The van der Waals surface area contributed by atoms with Crippen molar-refractivity contribution in [2.24, 2.45) is 0 Å². The Kier molecular flexibility index (Phi) is 2.98. The van der Waals surface area contributed by atoms with Crippen LogP contribution < -0.4 is 5.32 Å². The van der Waals surface area contributed by atoms with Gasteiger partial charge in [-0.25, -0.2) is 0 Å². The molecule has 66 valence electrons. The molecule has 0 radical (unpaired) electrons. The number of rotatable bonds is 2. The van der Waals surface area contributed by atoms with Gasteiger partial charge in [-0.3, -0.25) is 9.78 Å². The van der Waals surface area contributed by atoms with Gasteiger partial charge in [-0.05, 0) is 19.1 Å². The van der Waals surface area contributed by atoms with Crippen LogP contribution in [-0.2, 0) is 0 Å². The van der Waals surface area contributed by atoms with Crippen LogP contribution in [0, 0.1) is 18.3 Å². The Morgan fingerprint density at radius 2 is 2.46 bits per heavy atom. The number of hydrogen-bond acceptors (Lipinski definition) is 3. The Labute approximate surface area is 76.2 Å². The predicted molar refractivity (Wildman–Crippen MR) is 46.9 cm³/mol. The summed E-state index contributed by atoms with van der Waals surface area (Å²) < 4.78 is 0. The summed E-state index contributed by atoms with van der Waals surface area (Å²) >= 11 is 0. The normalized spacial score (nSPS) is 8.92. The molecule has 0 aliphatic heterocycles. The fraction of sp³-hybridized carbons (Fsp3) is 0.222. The summed E-state index contributed by atoms with van der Waals surface area (Å²) in [5.41, 5.74) is 1.33. The molecule has 1 rings (SSSR count). The van der Waals surface area contributed by atoms with Crippen LogP contribution in [0.3, 0.4) is 0 Å². The summed E-state index contributed by atoms with van der Waals surface area (Å²) in [6.07, 6.45) is 1.49. The first-order valence-electron chi connectivity index (χ1n) is 3.82. The molecular formula is C9H9N3O. The van der Waals surface area contributed by atoms with Gasteiger partial charge in [0.25, 0.3) is 5.91 Å². The number of aromatic nitrogens is 1. The van der Waals surface area contributed by atoms with Gasteiger partial charge in [0.1, 0.15) is 6.54 Å². The summed E-state index contributed by atoms with van der Waals surface area (Å²) in [6, 6.07) is 5.25. The maximum absolute atomic E-state index is 11.2. The monoisotopic (exact) mass is 175 g/mol. The SMILES string of the molecule is Cc1ccc(C(=O)NCC#N)cn1. The van der Waals surface area contributed by atoms with Crippen molar-refractivity contribution in [3.8, 4) is 6.07 Å². The van der Waals surface area contributed by atoms with E-state index in [0.29, 0.717) is 5.56 Å². The third kappa shape index (κ3) is 2.56. The fourth-order valence-corrected chi connectivity index (χ4v) is 0.824. The highest BCUT2D eigenvalue weighted by atomic mass is 16.1. The van der Waals surface area contributed by atoms with E-state index in [1.807, 2.05) is 13.0 Å². The molecule has 0 fully saturated rings. The van der Waals surface area contributed by atoms with Crippen molar-refractivity contribution < 1.29 is 4.79 Å². The molecule has 1 aromatic rings. The molecule has 0 spiro atoms. The minimum Gasteiger partial charge on any atom is -0.339 e. The summed E-state index contributed by atoms with van der Waals surface area (Å²) in [6.45, 7) is 1.86. The number of carbonyl (C=O) groups is 1. The lowest BCUT2D eigenvalue weighted by atomic mass is 10.2. The molecule has 0 bridgehead atoms. The first-order valence-corrected chi connectivity index (χ1v) is 3.82. The lowest BCUT2D eigenvalue weighted by molar-refractivity contribution is 0.0958. The van der Waals surface area contributed by atoms with E-state index in [0.717, 1.165) is 5.69 Å². The van der Waals surface area contributed by atoms with Gasteiger partial charge in [-0.15, -0.1) is 0 Å². The lowest BCUT2D eigenvalue weighted by Crippen LogP contribution is -2.23. The van der Waals surface area contributed by atoms with Crippen molar-refractivity contribution in [2.75, 3.05) is 6.54 Å². The van der Waals surface area contributed by atoms with Gasteiger partial charge in [0.05, 0.1) is 11.6 Å². The van der Waals surface area contributed by atoms with Crippen molar-refractivity contribution in [3.05, 3.63) is 29.6 Å². The maximum atomic E-state index is 11.2. The van der Waals surface area contributed by atoms with Crippen LogP contribution in [0.15, 0.2) is 18.3 Å². The number of carbonyl (C=O) groups excluding carboxylic acids is 1. The van der Waals surface area contributed by atoms with E-state index < -0.39 is 0 Å². The minimum absolute atomic E-state index is 0.0205. The van der Waals surface area contributed by atoms with Crippen LogP contribution in [0.25, 0.3) is 0 Å². The Hall–Kier alpha value is -1.89. The van der Waals surface area contributed by atoms with Crippen LogP contribution in [0.1, 0.15) is 16.1 Å². The van der Waals surface area contributed by atoms with Gasteiger partial charge < -0.3 is 5.32 Å². The Morgan fingerprint density at radius 1 is 1.69 bits per heavy atom. The summed E-state index contributed by atoms with van der Waals surface area (Å²) in [7, 11) is 0. The van der Waals surface area contributed by atoms with Crippen LogP contribution in [0.4, 0.5) is 0 Å². The summed E-state index contributed by atoms with van der Waals surface area (Å²) in [5, 5.41) is 10.7. The van der Waals surface area contributed by atoms with Gasteiger partial charge in [0.15, 0.2) is 0 Å². The van der Waals surface area contributed by atoms with E-state index in [2.05, 4.69) is 10.3 Å². The molecule has 0 aromatic carbocycles. The third-order valence-electron chi connectivity index (χ3n) is 1.50. The van der Waals surface area contributed by atoms with Crippen molar-refractivity contribution in [2.45, 2.75) is 6.92 Å². The number of amides is 1. The van der Waals surface area contributed by atoms with E-state index in [-0.39, 0.29) is 12.5 Å². The van der Waals surface area contributed by atoms with E-state index in [4.69, 9.17) is 5.26 Å². The summed E-state index contributed by atoms with van der Waals surface area (Å²) in [5.74, 6) is -0.269. The molecule has 0 unspecified atom stereocenters. The Morgan fingerprint density at radius 3 is 3.00 bits per heavy atom. The number of nitrogens with one attached hydrogen (secondary N) is 1. The van der Waals surface area contributed by atoms with Crippen LogP contribution in [-0.4, -0.2) is 17.4 Å². The topological polar surface area (TPSA) is 65.8 Å². The van der Waals surface area contributed by atoms with Crippen molar-refractivity contribution in [3.63, 3.8) is 0 Å². The zero-order valence-corrected chi connectivity index (χ0v) is 7.24. The van der Waals surface area contributed by atoms with E-state index in [1.165, 1.54) is 6.20 Å². The van der Waals surface area contributed by atoms with E-state index in [1.54, 1.807) is 12.1 Å². The highest BCUT2D eigenvalue weighted by Gasteiger charge is 2.03. The molecule has 4 heteroatoms. The number of hydrogen-bond donors (Lipinski definition) is 1. The first kappa shape index (κ1) is 9.20. The second-order valence-corrected chi connectivity index (χ2v) is 2.53. The molecule has 0 aliphatic rings. The van der Waals surface area contributed by atoms with Gasteiger partial charge >= 0.3 is 0 Å². The van der Waals surface area contributed by atoms with Crippen LogP contribution in [0.2, 0.25) is 0 Å². The minimum atomic E-state index is -0.269. The van der Waals surface area contributed by atoms with Crippen LogP contribution >= 0.6 is 0 Å². The second-order valence-electron chi connectivity index (χ2n) is 2.53. The van der Waals surface area contributed by atoms with Crippen molar-refractivity contribution in [1.29, 1.82) is 5.26 Å². The molecule has 4 nitrogen and oxygen atoms in total. The van der Waals surface area contributed by atoms with Crippen molar-refractivity contribution in [1.82, 2.24) is 10.3 Å². The smallest absolute Gasteiger partial charge is 0.253 e. The van der Waals surface area contributed by atoms with Gasteiger partial charge in [0.2, 0.25) is 0 Å². The van der Waals surface area contributed by atoms with Gasteiger partial charge in [-0.1, -0.05) is 0 Å². The molecule has 1 aromatic heterocycles. The van der Waals surface area contributed by atoms with Crippen molar-refractivity contribution >= 4 is 5.91 Å². The zero-order chi connectivity index (χ0) is 9.68. The largest absolute Gasteiger partial charge is 0.339 e. The van der Waals surface area contributed by atoms with Gasteiger partial charge in [-0.2, -0.15) is 5.26 Å². The van der Waals surface area contributed by atoms with Gasteiger partial charge in [0, 0.05) is 11.9 Å². The lowest BCUT2D eigenvalue weighted by Gasteiger charge is -1.99. The Balaban J connectivity index is 2.68. The fourth-order valence-electron chi connectivity index (χ4n) is 0.824. The number of nitrogens with zero attached hydrogens (tertiary/aromatic N) is 2. The van der Waals surface area contributed by atoms with Crippen LogP contribution in [0.5, 0.6) is 0 Å². The van der Waals surface area contributed by atoms with E-state index in [9.17, 15) is 4.79 Å². The van der Waals surface area contributed by atoms with E-state index >= 15 is 0 Å². The quantitative estimate of drug-likeness (QED) is 0.671. The average Bonchev–Trinajstić information content (AvgIpc) is 2.15. The average molecular weight is 175 g/mol. The predicted octanol–water partition coefficient (Wildman–Crippen LogP) is 0.643. The molecule has 0 atom stereocenters. The maximum Gasteiger partial charge on any atom is 0.253 e. The molecule has 0 saturated heterocycles. The first-order chi connectivity index (χ1) is 6.24. The molecule has 13 heavy (non-hydrogen) atoms. The molecule has 1 N–H and O–H groups in total. The number of nitriles is 1. The second kappa shape index (κ2) is 4.21. The highest BCUT2D eigenvalue weighted by molar-refractivity contribution is 5.93. The Bertz CT molecular complexity index is 337. The molecule has 1 amide bonds. The molecule has 0 aliphatic carbocycles. The summed E-state index contributed by atoms with van der Waals surface area (Å²) in [4.78, 5) is 15.2. The third-order valence-corrected chi connectivity index (χ3v) is 1.50. The standard InChI is InChI=1S/C9H9N3O/c1-7-2-3-8(6-12-7)9(13)11-5-4-10/h2-3,6H,5H2,1H3,(H,11,13). The zero-order valence-electron chi connectivity index (χ0n) is 7.24. The molecule has 1 heterocycles. The number of aryl methyl sites for hydroxylation is 1. The highest BCUT2D eigenvalue weighted by Crippen LogP contribution is 1.98.